The van der Waals surface area contributed by atoms with Crippen molar-refractivity contribution in [1.29, 1.82) is 0 Å². The first-order valence-electron chi connectivity index (χ1n) is 5.43. The molecule has 0 aliphatic carbocycles. The number of rotatable bonds is 4. The highest BCUT2D eigenvalue weighted by Crippen LogP contribution is 2.14. The molecule has 1 aromatic rings. The summed E-state index contributed by atoms with van der Waals surface area (Å²) in [6.45, 7) is 3.64. The van der Waals surface area contributed by atoms with Gasteiger partial charge in [-0.3, -0.25) is 0 Å². The monoisotopic (exact) mass is 221 g/mol. The fourth-order valence-electron chi connectivity index (χ4n) is 1.63. The van der Waals surface area contributed by atoms with Gasteiger partial charge < -0.3 is 14.4 Å². The number of nitrogens with zero attached hydrogens (tertiary/aromatic N) is 1. The van der Waals surface area contributed by atoms with Crippen molar-refractivity contribution in [3.8, 4) is 5.75 Å². The molecule has 0 radical (unpaired) electrons. The number of likely N-dealkylation sites (N-methyl/N-ethyl adjacent to an activating group) is 1. The molecule has 1 aliphatic heterocycles. The Balaban J connectivity index is 1.82. The summed E-state index contributed by atoms with van der Waals surface area (Å²) in [7, 11) is 0. The molecule has 16 heavy (non-hydrogen) atoms. The summed E-state index contributed by atoms with van der Waals surface area (Å²) in [4.78, 5) is 12.9. The molecule has 1 fully saturated rings. The first-order chi connectivity index (χ1) is 7.79. The number of carbonyl (C=O) groups excluding carboxylic acids is 1. The van der Waals surface area contributed by atoms with Gasteiger partial charge in [-0.25, -0.2) is 4.79 Å². The highest BCUT2D eigenvalue weighted by Gasteiger charge is 2.30. The van der Waals surface area contributed by atoms with Crippen LogP contribution in [0.5, 0.6) is 5.75 Å². The maximum Gasteiger partial charge on any atom is 0.410 e. The summed E-state index contributed by atoms with van der Waals surface area (Å²) >= 11 is 0. The van der Waals surface area contributed by atoms with Crippen LogP contribution in [-0.2, 0) is 4.74 Å². The van der Waals surface area contributed by atoms with Crippen LogP contribution in [0.2, 0.25) is 0 Å². The first kappa shape index (κ1) is 10.8. The maximum atomic E-state index is 11.3. The molecule has 0 N–H and O–H groups in total. The molecule has 0 aromatic heterocycles. The standard InChI is InChI=1S/C12H15NO3/c1-2-13-8-11(16-12(13)14)9-15-10-6-4-3-5-7-10/h3-7,11H,2,8-9H2,1H3/t11-/m1/s1. The highest BCUT2D eigenvalue weighted by atomic mass is 16.6. The number of cyclic esters (lactones) is 1. The van der Waals surface area contributed by atoms with Gasteiger partial charge in [0.2, 0.25) is 0 Å². The normalized spacial score (nSPS) is 19.7. The molecule has 1 aliphatic rings. The van der Waals surface area contributed by atoms with E-state index in [0.29, 0.717) is 19.7 Å². The summed E-state index contributed by atoms with van der Waals surface area (Å²) in [6.07, 6.45) is -0.406. The molecule has 4 heteroatoms. The van der Waals surface area contributed by atoms with Crippen LogP contribution < -0.4 is 4.74 Å². The van der Waals surface area contributed by atoms with Gasteiger partial charge >= 0.3 is 6.09 Å². The van der Waals surface area contributed by atoms with Crippen LogP contribution >= 0.6 is 0 Å². The van der Waals surface area contributed by atoms with E-state index in [0.717, 1.165) is 5.75 Å². The summed E-state index contributed by atoms with van der Waals surface area (Å²) in [5.74, 6) is 0.800. The minimum atomic E-state index is -0.246. The first-order valence-corrected chi connectivity index (χ1v) is 5.43. The second kappa shape index (κ2) is 4.88. The van der Waals surface area contributed by atoms with E-state index >= 15 is 0 Å². The molecule has 1 amide bonds. The molecule has 0 saturated carbocycles. The van der Waals surface area contributed by atoms with Crippen LogP contribution in [-0.4, -0.2) is 36.8 Å². The van der Waals surface area contributed by atoms with Gasteiger partial charge in [-0.1, -0.05) is 18.2 Å². The zero-order valence-corrected chi connectivity index (χ0v) is 9.26. The van der Waals surface area contributed by atoms with E-state index in [1.165, 1.54) is 0 Å². The Kier molecular flexibility index (Phi) is 3.29. The van der Waals surface area contributed by atoms with Crippen molar-refractivity contribution >= 4 is 6.09 Å². The Labute approximate surface area is 94.8 Å². The van der Waals surface area contributed by atoms with Crippen molar-refractivity contribution in [3.05, 3.63) is 30.3 Å². The highest BCUT2D eigenvalue weighted by molar-refractivity contribution is 5.69. The Hall–Kier alpha value is -1.71. The van der Waals surface area contributed by atoms with Crippen molar-refractivity contribution in [2.24, 2.45) is 0 Å². The third-order valence-corrected chi connectivity index (χ3v) is 2.51. The molecule has 4 nitrogen and oxygen atoms in total. The van der Waals surface area contributed by atoms with E-state index in [1.54, 1.807) is 4.90 Å². The lowest BCUT2D eigenvalue weighted by Gasteiger charge is -2.10. The Morgan fingerprint density at radius 3 is 2.81 bits per heavy atom. The molecule has 1 aromatic carbocycles. The van der Waals surface area contributed by atoms with E-state index in [9.17, 15) is 4.79 Å². The molecule has 0 spiro atoms. The molecule has 1 saturated heterocycles. The second-order valence-electron chi connectivity index (χ2n) is 3.67. The molecule has 86 valence electrons. The predicted molar refractivity (Wildman–Crippen MR) is 59.5 cm³/mol. The zero-order valence-electron chi connectivity index (χ0n) is 9.26. The number of hydrogen-bond acceptors (Lipinski definition) is 3. The maximum absolute atomic E-state index is 11.3. The molecule has 1 heterocycles. The van der Waals surface area contributed by atoms with Crippen molar-refractivity contribution in [1.82, 2.24) is 4.90 Å². The number of amides is 1. The SMILES string of the molecule is CCN1C[C@H](COc2ccccc2)OC1=O. The molecular weight excluding hydrogens is 206 g/mol. The number of benzene rings is 1. The lowest BCUT2D eigenvalue weighted by atomic mass is 10.3. The van der Waals surface area contributed by atoms with E-state index in [-0.39, 0.29) is 12.2 Å². The topological polar surface area (TPSA) is 38.8 Å². The van der Waals surface area contributed by atoms with Gasteiger partial charge in [-0.05, 0) is 19.1 Å². The summed E-state index contributed by atoms with van der Waals surface area (Å²) in [6, 6.07) is 9.52. The smallest absolute Gasteiger partial charge is 0.410 e. The number of carbonyl (C=O) groups is 1. The third kappa shape index (κ3) is 2.45. The van der Waals surface area contributed by atoms with Crippen molar-refractivity contribution in [2.45, 2.75) is 13.0 Å². The van der Waals surface area contributed by atoms with Gasteiger partial charge in [0.25, 0.3) is 0 Å². The average Bonchev–Trinajstić information content (AvgIpc) is 2.69. The predicted octanol–water partition coefficient (Wildman–Crippen LogP) is 1.91. The third-order valence-electron chi connectivity index (χ3n) is 2.51. The fraction of sp³-hybridized carbons (Fsp3) is 0.417. The molecule has 0 unspecified atom stereocenters. The van der Waals surface area contributed by atoms with Gasteiger partial charge in [0.15, 0.2) is 6.10 Å². The van der Waals surface area contributed by atoms with E-state index in [4.69, 9.17) is 9.47 Å². The number of para-hydroxylation sites is 1. The van der Waals surface area contributed by atoms with Crippen LogP contribution in [0, 0.1) is 0 Å². The summed E-state index contributed by atoms with van der Waals surface area (Å²) < 4.78 is 10.7. The summed E-state index contributed by atoms with van der Waals surface area (Å²) in [5, 5.41) is 0. The zero-order chi connectivity index (χ0) is 11.4. The Bertz CT molecular complexity index is 353. The quantitative estimate of drug-likeness (QED) is 0.779. The minimum Gasteiger partial charge on any atom is -0.490 e. The van der Waals surface area contributed by atoms with Crippen molar-refractivity contribution in [3.63, 3.8) is 0 Å². The van der Waals surface area contributed by atoms with Gasteiger partial charge in [-0.15, -0.1) is 0 Å². The average molecular weight is 221 g/mol. The van der Waals surface area contributed by atoms with Crippen LogP contribution in [0.3, 0.4) is 0 Å². The largest absolute Gasteiger partial charge is 0.490 e. The lowest BCUT2D eigenvalue weighted by Crippen LogP contribution is -2.26. The van der Waals surface area contributed by atoms with Gasteiger partial charge in [0.05, 0.1) is 6.54 Å². The number of hydrogen-bond donors (Lipinski definition) is 0. The summed E-state index contributed by atoms with van der Waals surface area (Å²) in [5.41, 5.74) is 0. The van der Waals surface area contributed by atoms with Crippen LogP contribution in [0.15, 0.2) is 30.3 Å². The van der Waals surface area contributed by atoms with Crippen molar-refractivity contribution in [2.75, 3.05) is 19.7 Å². The molecular formula is C12H15NO3. The van der Waals surface area contributed by atoms with Crippen LogP contribution in [0.1, 0.15) is 6.92 Å². The number of ether oxygens (including phenoxy) is 2. The second-order valence-corrected chi connectivity index (χ2v) is 3.67. The molecule has 1 atom stereocenters. The van der Waals surface area contributed by atoms with Crippen LogP contribution in [0.4, 0.5) is 4.79 Å². The van der Waals surface area contributed by atoms with E-state index < -0.39 is 0 Å². The fourth-order valence-corrected chi connectivity index (χ4v) is 1.63. The Morgan fingerprint density at radius 1 is 1.44 bits per heavy atom. The van der Waals surface area contributed by atoms with E-state index in [2.05, 4.69) is 0 Å². The lowest BCUT2D eigenvalue weighted by molar-refractivity contribution is 0.103. The minimum absolute atomic E-state index is 0.160. The van der Waals surface area contributed by atoms with E-state index in [1.807, 2.05) is 37.3 Å². The van der Waals surface area contributed by atoms with Crippen LogP contribution in [0.25, 0.3) is 0 Å². The van der Waals surface area contributed by atoms with Crippen molar-refractivity contribution < 1.29 is 14.3 Å². The molecule has 2 rings (SSSR count). The Morgan fingerprint density at radius 2 is 2.19 bits per heavy atom. The van der Waals surface area contributed by atoms with Gasteiger partial charge in [0, 0.05) is 6.54 Å². The molecule has 0 bridgehead atoms. The van der Waals surface area contributed by atoms with Gasteiger partial charge in [-0.2, -0.15) is 0 Å². The van der Waals surface area contributed by atoms with Gasteiger partial charge in [0.1, 0.15) is 12.4 Å².